The maximum absolute atomic E-state index is 5.00. The van der Waals surface area contributed by atoms with Crippen LogP contribution in [0.1, 0.15) is 6.42 Å². The van der Waals surface area contributed by atoms with Gasteiger partial charge in [0.1, 0.15) is 0 Å². The van der Waals surface area contributed by atoms with Crippen LogP contribution in [0.3, 0.4) is 0 Å². The minimum absolute atomic E-state index is 0.458. The summed E-state index contributed by atoms with van der Waals surface area (Å²) in [6.07, 6.45) is 1.27. The van der Waals surface area contributed by atoms with Gasteiger partial charge in [0.25, 0.3) is 0 Å². The average molecular weight is 112 g/mol. The highest BCUT2D eigenvalue weighted by Crippen LogP contribution is 2.36. The molecule has 2 aliphatic heterocycles. The molecule has 1 spiro atoms. The molecule has 0 aromatic rings. The Morgan fingerprint density at radius 2 is 2.50 bits per heavy atom. The second-order valence-corrected chi connectivity index (χ2v) is 2.72. The number of rotatable bonds is 0. The number of hydrogen-bond acceptors (Lipinski definition) is 2. The summed E-state index contributed by atoms with van der Waals surface area (Å²) in [6.45, 7) is 5.22. The average Bonchev–Trinajstić information content (AvgIpc) is 2.07. The Bertz CT molecular complexity index is 90.7. The minimum atomic E-state index is 0.458. The highest BCUT2D eigenvalue weighted by molar-refractivity contribution is 4.99. The lowest BCUT2D eigenvalue weighted by atomic mass is 9.86. The second-order valence-electron chi connectivity index (χ2n) is 2.72. The Labute approximate surface area is 49.2 Å². The smallest absolute Gasteiger partial charge is 0.0934 e. The summed E-state index contributed by atoms with van der Waals surface area (Å²) in [7, 11) is 0. The first-order chi connectivity index (χ1) is 3.91. The van der Waals surface area contributed by atoms with Gasteiger partial charge in [-0.05, 0) is 13.0 Å². The third kappa shape index (κ3) is 0.501. The summed E-state index contributed by atoms with van der Waals surface area (Å²) in [4.78, 5) is 0. The van der Waals surface area contributed by atoms with Crippen LogP contribution in [-0.4, -0.2) is 19.7 Å². The van der Waals surface area contributed by atoms with E-state index < -0.39 is 0 Å². The topological polar surface area (TPSA) is 21.3 Å². The molecule has 0 aliphatic carbocycles. The maximum atomic E-state index is 5.00. The predicted molar refractivity (Wildman–Crippen MR) is 30.2 cm³/mol. The Morgan fingerprint density at radius 1 is 1.62 bits per heavy atom. The van der Waals surface area contributed by atoms with E-state index in [1.807, 2.05) is 6.61 Å². The molecule has 2 rings (SSSR count). The van der Waals surface area contributed by atoms with E-state index in [0.29, 0.717) is 5.41 Å². The predicted octanol–water partition coefficient (Wildman–Crippen LogP) is 0.158. The fourth-order valence-corrected chi connectivity index (χ4v) is 1.31. The molecule has 2 nitrogen and oxygen atoms in total. The molecular weight excluding hydrogens is 102 g/mol. The second kappa shape index (κ2) is 1.45. The highest BCUT2D eigenvalue weighted by atomic mass is 16.5. The molecule has 1 unspecified atom stereocenters. The van der Waals surface area contributed by atoms with Gasteiger partial charge in [-0.25, -0.2) is 0 Å². The molecule has 0 bridgehead atoms. The van der Waals surface area contributed by atoms with Crippen molar-refractivity contribution in [2.75, 3.05) is 19.7 Å². The van der Waals surface area contributed by atoms with Gasteiger partial charge in [-0.2, -0.15) is 0 Å². The van der Waals surface area contributed by atoms with Crippen molar-refractivity contribution in [2.45, 2.75) is 6.42 Å². The maximum Gasteiger partial charge on any atom is 0.0934 e. The molecule has 1 radical (unpaired) electrons. The van der Waals surface area contributed by atoms with Crippen molar-refractivity contribution in [3.8, 4) is 0 Å². The fraction of sp³-hybridized carbons (Fsp3) is 0.833. The van der Waals surface area contributed by atoms with Crippen LogP contribution in [0.2, 0.25) is 0 Å². The summed E-state index contributed by atoms with van der Waals surface area (Å²) in [5, 5.41) is 3.30. The van der Waals surface area contributed by atoms with E-state index >= 15 is 0 Å². The van der Waals surface area contributed by atoms with Crippen LogP contribution >= 0.6 is 0 Å². The van der Waals surface area contributed by atoms with E-state index in [9.17, 15) is 0 Å². The summed E-state index contributed by atoms with van der Waals surface area (Å²) in [5.41, 5.74) is 0.458. The van der Waals surface area contributed by atoms with Crippen molar-refractivity contribution in [3.05, 3.63) is 6.61 Å². The molecule has 0 aromatic carbocycles. The van der Waals surface area contributed by atoms with E-state index in [4.69, 9.17) is 4.74 Å². The lowest BCUT2D eigenvalue weighted by Crippen LogP contribution is -2.39. The van der Waals surface area contributed by atoms with Gasteiger partial charge in [-0.1, -0.05) is 0 Å². The van der Waals surface area contributed by atoms with Gasteiger partial charge >= 0.3 is 0 Å². The van der Waals surface area contributed by atoms with E-state index in [1.54, 1.807) is 0 Å². The Kier molecular flexibility index (Phi) is 0.866. The number of nitrogens with one attached hydrogen (secondary N) is 1. The quantitative estimate of drug-likeness (QED) is 0.482. The van der Waals surface area contributed by atoms with Gasteiger partial charge in [0.05, 0.1) is 13.2 Å². The van der Waals surface area contributed by atoms with Gasteiger partial charge < -0.3 is 10.1 Å². The largest absolute Gasteiger partial charge is 0.374 e. The molecule has 0 aromatic heterocycles. The highest BCUT2D eigenvalue weighted by Gasteiger charge is 2.41. The van der Waals surface area contributed by atoms with E-state index in [0.717, 1.165) is 13.2 Å². The standard InChI is InChI=1S/C6H10NO/c1-2-7-3-6(1)4-8-5-6/h4,7H,1-3,5H2. The van der Waals surface area contributed by atoms with Crippen molar-refractivity contribution in [2.24, 2.45) is 5.41 Å². The van der Waals surface area contributed by atoms with E-state index in [1.165, 1.54) is 13.0 Å². The van der Waals surface area contributed by atoms with Gasteiger partial charge in [-0.15, -0.1) is 0 Å². The van der Waals surface area contributed by atoms with Crippen LogP contribution in [-0.2, 0) is 4.74 Å². The van der Waals surface area contributed by atoms with Gasteiger partial charge in [0, 0.05) is 12.0 Å². The molecule has 0 saturated carbocycles. The molecule has 0 amide bonds. The molecule has 2 aliphatic rings. The lowest BCUT2D eigenvalue weighted by molar-refractivity contribution is -0.0350. The molecule has 2 fully saturated rings. The summed E-state index contributed by atoms with van der Waals surface area (Å²) in [5.74, 6) is 0. The normalized spacial score (nSPS) is 33.0. The zero-order chi connectivity index (χ0) is 5.45. The lowest BCUT2D eigenvalue weighted by Gasteiger charge is -2.35. The number of hydrogen-bond donors (Lipinski definition) is 1. The SMILES string of the molecule is [CH]1OCC12CCNC2. The monoisotopic (exact) mass is 112 g/mol. The molecular formula is C6H10NO. The Hall–Kier alpha value is -0.0800. The van der Waals surface area contributed by atoms with Gasteiger partial charge in [0.2, 0.25) is 0 Å². The minimum Gasteiger partial charge on any atom is -0.374 e. The third-order valence-corrected chi connectivity index (χ3v) is 1.98. The first kappa shape index (κ1) is 4.77. The number of ether oxygens (including phenoxy) is 1. The van der Waals surface area contributed by atoms with Crippen molar-refractivity contribution in [1.29, 1.82) is 0 Å². The molecule has 2 saturated heterocycles. The van der Waals surface area contributed by atoms with Crippen molar-refractivity contribution in [3.63, 3.8) is 0 Å². The zero-order valence-electron chi connectivity index (χ0n) is 4.81. The van der Waals surface area contributed by atoms with Crippen molar-refractivity contribution < 1.29 is 4.74 Å². The van der Waals surface area contributed by atoms with Gasteiger partial charge in [0.15, 0.2) is 0 Å². The zero-order valence-corrected chi connectivity index (χ0v) is 4.81. The molecule has 2 heterocycles. The van der Waals surface area contributed by atoms with Crippen LogP contribution < -0.4 is 5.32 Å². The fourth-order valence-electron chi connectivity index (χ4n) is 1.31. The Morgan fingerprint density at radius 3 is 2.75 bits per heavy atom. The molecule has 2 heteroatoms. The van der Waals surface area contributed by atoms with Crippen molar-refractivity contribution in [1.82, 2.24) is 5.32 Å². The molecule has 1 atom stereocenters. The van der Waals surface area contributed by atoms with Gasteiger partial charge in [-0.3, -0.25) is 0 Å². The van der Waals surface area contributed by atoms with Crippen LogP contribution in [0, 0.1) is 12.0 Å². The first-order valence-corrected chi connectivity index (χ1v) is 3.08. The van der Waals surface area contributed by atoms with Crippen molar-refractivity contribution >= 4 is 0 Å². The Balaban J connectivity index is 2.01. The first-order valence-electron chi connectivity index (χ1n) is 3.08. The van der Waals surface area contributed by atoms with Crippen LogP contribution in [0.15, 0.2) is 0 Å². The summed E-state index contributed by atoms with van der Waals surface area (Å²) < 4.78 is 5.00. The van der Waals surface area contributed by atoms with Crippen LogP contribution in [0.4, 0.5) is 0 Å². The summed E-state index contributed by atoms with van der Waals surface area (Å²) >= 11 is 0. The van der Waals surface area contributed by atoms with Crippen LogP contribution in [0.25, 0.3) is 0 Å². The van der Waals surface area contributed by atoms with E-state index in [-0.39, 0.29) is 0 Å². The molecule has 1 N–H and O–H groups in total. The summed E-state index contributed by atoms with van der Waals surface area (Å²) in [6, 6.07) is 0. The molecule has 8 heavy (non-hydrogen) atoms. The molecule has 45 valence electrons. The third-order valence-electron chi connectivity index (χ3n) is 1.98. The van der Waals surface area contributed by atoms with Crippen LogP contribution in [0.5, 0.6) is 0 Å². The van der Waals surface area contributed by atoms with E-state index in [2.05, 4.69) is 5.32 Å².